The van der Waals surface area contributed by atoms with Crippen LogP contribution in [0.25, 0.3) is 0 Å². The number of amides is 1. The normalized spacial score (nSPS) is 15.3. The number of rotatable bonds is 4. The van der Waals surface area contributed by atoms with Crippen LogP contribution in [0.5, 0.6) is 0 Å². The third kappa shape index (κ3) is 4.07. The lowest BCUT2D eigenvalue weighted by molar-refractivity contribution is -0.384. The first-order valence-electron chi connectivity index (χ1n) is 8.30. The minimum Gasteiger partial charge on any atom is -0.336 e. The molecule has 0 radical (unpaired) electrons. The SMILES string of the molecule is O=C(c1ccc(Cl)c([N+](=O)[O-])c1)N1CCN(S(=O)(=O)c2c(F)cccc2F)CC1. The number of hydrogen-bond donors (Lipinski definition) is 0. The van der Waals surface area contributed by atoms with Gasteiger partial charge in [0.1, 0.15) is 16.7 Å². The zero-order valence-electron chi connectivity index (χ0n) is 14.7. The fraction of sp³-hybridized carbons (Fsp3) is 0.235. The third-order valence-corrected chi connectivity index (χ3v) is 6.70. The molecule has 12 heteroatoms. The Morgan fingerprint density at radius 1 is 1.07 bits per heavy atom. The van der Waals surface area contributed by atoms with E-state index >= 15 is 0 Å². The number of hydrogen-bond acceptors (Lipinski definition) is 5. The van der Waals surface area contributed by atoms with Gasteiger partial charge in [0.25, 0.3) is 11.6 Å². The van der Waals surface area contributed by atoms with Crippen LogP contribution in [0.4, 0.5) is 14.5 Å². The maximum absolute atomic E-state index is 13.9. The topological polar surface area (TPSA) is 101 Å². The molecule has 154 valence electrons. The Morgan fingerprint density at radius 2 is 1.66 bits per heavy atom. The summed E-state index contributed by atoms with van der Waals surface area (Å²) in [5, 5.41) is 10.9. The van der Waals surface area contributed by atoms with Crippen molar-refractivity contribution >= 4 is 33.2 Å². The largest absolute Gasteiger partial charge is 0.336 e. The maximum atomic E-state index is 13.9. The molecule has 0 atom stereocenters. The molecular formula is C17H14ClF2N3O5S. The molecule has 1 aliphatic rings. The van der Waals surface area contributed by atoms with E-state index in [1.165, 1.54) is 17.0 Å². The van der Waals surface area contributed by atoms with Crippen LogP contribution in [0.3, 0.4) is 0 Å². The molecule has 0 aliphatic carbocycles. The van der Waals surface area contributed by atoms with E-state index in [9.17, 15) is 32.1 Å². The lowest BCUT2D eigenvalue weighted by atomic mass is 10.1. The fourth-order valence-corrected chi connectivity index (χ4v) is 4.68. The summed E-state index contributed by atoms with van der Waals surface area (Å²) in [7, 11) is -4.42. The van der Waals surface area contributed by atoms with Gasteiger partial charge in [-0.25, -0.2) is 17.2 Å². The number of nitro benzene ring substituents is 1. The maximum Gasteiger partial charge on any atom is 0.288 e. The molecule has 1 saturated heterocycles. The van der Waals surface area contributed by atoms with E-state index < -0.39 is 43.1 Å². The molecule has 0 spiro atoms. The Bertz CT molecular complexity index is 1070. The fourth-order valence-electron chi connectivity index (χ4n) is 2.96. The van der Waals surface area contributed by atoms with Crippen molar-refractivity contribution in [1.82, 2.24) is 9.21 Å². The minimum atomic E-state index is -4.42. The van der Waals surface area contributed by atoms with Crippen molar-refractivity contribution < 1.29 is 26.9 Å². The number of nitro groups is 1. The van der Waals surface area contributed by atoms with Gasteiger partial charge in [-0.2, -0.15) is 4.31 Å². The van der Waals surface area contributed by atoms with Crippen molar-refractivity contribution in [3.05, 3.63) is 68.7 Å². The average Bonchev–Trinajstić information content (AvgIpc) is 2.67. The van der Waals surface area contributed by atoms with Gasteiger partial charge in [-0.15, -0.1) is 0 Å². The Hall–Kier alpha value is -2.63. The quantitative estimate of drug-likeness (QED) is 0.532. The lowest BCUT2D eigenvalue weighted by Crippen LogP contribution is -2.50. The molecule has 1 aliphatic heterocycles. The molecule has 0 unspecified atom stereocenters. The van der Waals surface area contributed by atoms with E-state index in [0.29, 0.717) is 0 Å². The summed E-state index contributed by atoms with van der Waals surface area (Å²) in [5.74, 6) is -2.94. The first-order valence-corrected chi connectivity index (χ1v) is 10.1. The van der Waals surface area contributed by atoms with Crippen molar-refractivity contribution in [2.24, 2.45) is 0 Å². The minimum absolute atomic E-state index is 0.0255. The molecule has 1 heterocycles. The van der Waals surface area contributed by atoms with Crippen LogP contribution in [0.2, 0.25) is 5.02 Å². The van der Waals surface area contributed by atoms with Crippen molar-refractivity contribution in [3.63, 3.8) is 0 Å². The second-order valence-electron chi connectivity index (χ2n) is 6.17. The molecule has 0 saturated carbocycles. The molecule has 8 nitrogen and oxygen atoms in total. The van der Waals surface area contributed by atoms with Gasteiger partial charge >= 0.3 is 0 Å². The second-order valence-corrected chi connectivity index (χ2v) is 8.45. The zero-order chi connectivity index (χ0) is 21.3. The smallest absolute Gasteiger partial charge is 0.288 e. The highest BCUT2D eigenvalue weighted by molar-refractivity contribution is 7.89. The summed E-state index contributed by atoms with van der Waals surface area (Å²) in [4.78, 5) is 23.1. The van der Waals surface area contributed by atoms with Crippen LogP contribution < -0.4 is 0 Å². The summed E-state index contributed by atoms with van der Waals surface area (Å²) in [6.45, 7) is -0.468. The van der Waals surface area contributed by atoms with Crippen LogP contribution in [-0.2, 0) is 10.0 Å². The molecule has 0 N–H and O–H groups in total. The van der Waals surface area contributed by atoms with Gasteiger partial charge in [-0.1, -0.05) is 17.7 Å². The summed E-state index contributed by atoms with van der Waals surface area (Å²) >= 11 is 5.73. The lowest BCUT2D eigenvalue weighted by Gasteiger charge is -2.34. The standard InChI is InChI=1S/C17H14ClF2N3O5S/c18-12-5-4-11(10-15(12)23(25)26)17(24)21-6-8-22(9-7-21)29(27,28)16-13(19)2-1-3-14(16)20/h1-5,10H,6-9H2. The van der Waals surface area contributed by atoms with Crippen LogP contribution in [0, 0.1) is 21.7 Å². The van der Waals surface area contributed by atoms with Gasteiger partial charge in [-0.3, -0.25) is 14.9 Å². The number of benzene rings is 2. The Kier molecular flexibility index (Phi) is 5.82. The van der Waals surface area contributed by atoms with Crippen molar-refractivity contribution in [1.29, 1.82) is 0 Å². The summed E-state index contributed by atoms with van der Waals surface area (Å²) < 4.78 is 53.8. The predicted octanol–water partition coefficient (Wildman–Crippen LogP) is 2.67. The first-order chi connectivity index (χ1) is 13.6. The van der Waals surface area contributed by atoms with Crippen LogP contribution in [-0.4, -0.2) is 54.6 Å². The molecule has 3 rings (SSSR count). The van der Waals surface area contributed by atoms with Crippen molar-refractivity contribution in [2.75, 3.05) is 26.2 Å². The Balaban J connectivity index is 1.76. The van der Waals surface area contributed by atoms with Gasteiger partial charge in [0.05, 0.1) is 4.92 Å². The summed E-state index contributed by atoms with van der Waals surface area (Å²) in [6, 6.07) is 6.37. The number of halogens is 3. The van der Waals surface area contributed by atoms with Crippen LogP contribution >= 0.6 is 11.6 Å². The summed E-state index contributed by atoms with van der Waals surface area (Å²) in [6.07, 6.45) is 0. The van der Waals surface area contributed by atoms with E-state index in [0.717, 1.165) is 28.6 Å². The van der Waals surface area contributed by atoms with Crippen LogP contribution in [0.15, 0.2) is 41.3 Å². The number of nitrogens with zero attached hydrogens (tertiary/aromatic N) is 3. The highest BCUT2D eigenvalue weighted by Crippen LogP contribution is 2.27. The van der Waals surface area contributed by atoms with Crippen LogP contribution in [0.1, 0.15) is 10.4 Å². The molecule has 0 bridgehead atoms. The summed E-state index contributed by atoms with van der Waals surface area (Å²) in [5.41, 5.74) is -0.397. The zero-order valence-corrected chi connectivity index (χ0v) is 16.3. The average molecular weight is 446 g/mol. The first kappa shape index (κ1) is 21.1. The Morgan fingerprint density at radius 3 is 2.21 bits per heavy atom. The molecule has 1 amide bonds. The van der Waals surface area contributed by atoms with Gasteiger partial charge < -0.3 is 4.90 Å². The molecule has 29 heavy (non-hydrogen) atoms. The van der Waals surface area contributed by atoms with E-state index in [2.05, 4.69) is 0 Å². The second kappa shape index (κ2) is 8.01. The van der Waals surface area contributed by atoms with E-state index in [-0.39, 0.29) is 36.8 Å². The molecule has 2 aromatic carbocycles. The van der Waals surface area contributed by atoms with Gasteiger partial charge in [0, 0.05) is 37.8 Å². The highest BCUT2D eigenvalue weighted by Gasteiger charge is 2.34. The monoisotopic (exact) mass is 445 g/mol. The van der Waals surface area contributed by atoms with Crippen molar-refractivity contribution in [2.45, 2.75) is 4.90 Å². The molecule has 1 fully saturated rings. The van der Waals surface area contributed by atoms with Gasteiger partial charge in [0.2, 0.25) is 10.0 Å². The van der Waals surface area contributed by atoms with E-state index in [4.69, 9.17) is 11.6 Å². The highest BCUT2D eigenvalue weighted by atomic mass is 35.5. The number of carbonyl (C=O) groups is 1. The molecule has 2 aromatic rings. The number of carbonyl (C=O) groups excluding carboxylic acids is 1. The van der Waals surface area contributed by atoms with E-state index in [1.807, 2.05) is 0 Å². The number of sulfonamides is 1. The third-order valence-electron chi connectivity index (χ3n) is 4.43. The van der Waals surface area contributed by atoms with Gasteiger partial charge in [0.15, 0.2) is 4.90 Å². The number of piperazine rings is 1. The molecular weight excluding hydrogens is 432 g/mol. The predicted molar refractivity (Wildman–Crippen MR) is 99.1 cm³/mol. The van der Waals surface area contributed by atoms with Gasteiger partial charge in [-0.05, 0) is 24.3 Å². The molecule has 0 aromatic heterocycles. The van der Waals surface area contributed by atoms with Crippen molar-refractivity contribution in [3.8, 4) is 0 Å². The van der Waals surface area contributed by atoms with E-state index in [1.54, 1.807) is 0 Å². The Labute approximate surface area is 169 Å².